The van der Waals surface area contributed by atoms with Crippen molar-refractivity contribution in [3.05, 3.63) is 71.8 Å². The molecule has 2 aromatic rings. The number of hydrogen-bond donors (Lipinski definition) is 7. The van der Waals surface area contributed by atoms with Crippen molar-refractivity contribution >= 4 is 33.8 Å². The number of aliphatic hydroxyl groups excluding tert-OH is 1. The monoisotopic (exact) mass is 634 g/mol. The zero-order valence-electron chi connectivity index (χ0n) is 25.7. The third-order valence-corrected chi connectivity index (χ3v) is 8.47. The number of nitrogens with one attached hydrogen (secondary N) is 2. The number of allylic oxidation sites excluding steroid dienone is 1. The summed E-state index contributed by atoms with van der Waals surface area (Å²) in [5, 5.41) is 19.6. The Kier molecular flexibility index (Phi) is 15.5. The lowest BCUT2D eigenvalue weighted by atomic mass is 9.63. The van der Waals surface area contributed by atoms with Gasteiger partial charge in [-0.15, -0.1) is 0 Å². The fourth-order valence-electron chi connectivity index (χ4n) is 4.95. The molecule has 2 aromatic carbocycles. The molecule has 2 amide bonds. The van der Waals surface area contributed by atoms with E-state index in [0.29, 0.717) is 12.8 Å². The van der Waals surface area contributed by atoms with E-state index in [1.807, 2.05) is 58.0 Å². The van der Waals surface area contributed by atoms with Gasteiger partial charge in [-0.25, -0.2) is 11.3 Å². The third-order valence-electron chi connectivity index (χ3n) is 7.60. The number of amides is 2. The van der Waals surface area contributed by atoms with E-state index in [2.05, 4.69) is 5.43 Å². The molecule has 2 rings (SSSR count). The van der Waals surface area contributed by atoms with Gasteiger partial charge in [0.1, 0.15) is 11.0 Å². The summed E-state index contributed by atoms with van der Waals surface area (Å²) in [5.41, 5.74) is 8.12. The predicted octanol–water partition coefficient (Wildman–Crippen LogP) is 2.92. The molecule has 244 valence electrons. The molecule has 0 radical (unpaired) electrons. The third kappa shape index (κ3) is 10.3. The van der Waals surface area contributed by atoms with Crippen molar-refractivity contribution in [2.75, 3.05) is 6.61 Å². The van der Waals surface area contributed by atoms with E-state index in [1.54, 1.807) is 29.8 Å². The van der Waals surface area contributed by atoms with Gasteiger partial charge in [-0.3, -0.25) is 29.6 Å². The Labute approximate surface area is 259 Å². The van der Waals surface area contributed by atoms with Crippen molar-refractivity contribution in [3.8, 4) is 0 Å². The molecule has 0 aliphatic carbocycles. The second-order valence-electron chi connectivity index (χ2n) is 10.9. The lowest BCUT2D eigenvalue weighted by Gasteiger charge is -2.42. The highest BCUT2D eigenvalue weighted by molar-refractivity contribution is 7.85. The number of hydrazine groups is 1. The number of carbonyl (C=O) groups excluding carboxylic acids is 3. The van der Waals surface area contributed by atoms with Crippen LogP contribution in [0.1, 0.15) is 64.0 Å². The van der Waals surface area contributed by atoms with Crippen LogP contribution < -0.4 is 22.5 Å². The van der Waals surface area contributed by atoms with Crippen LogP contribution in [0.2, 0.25) is 0 Å². The minimum absolute atomic E-state index is 0.0242. The molecule has 0 spiro atoms. The number of hydroxylamine groups is 1. The smallest absolute Gasteiger partial charge is 0.294 e. The van der Waals surface area contributed by atoms with Gasteiger partial charge < -0.3 is 10.8 Å². The number of carbonyl (C=O) groups is 3. The number of aryl methyl sites for hydroxylation is 1. The van der Waals surface area contributed by atoms with Crippen LogP contribution in [0.3, 0.4) is 0 Å². The standard InChI is InChI=1S/C24H38N4O5.C7H8O3S/c1-4-14-23(22(32)27-26,15-17(3)5-2)21(31)24(25,16-29)19(20(30)28-33)13-9-12-18-10-7-6-8-11-18;1-6-2-4-7(5-3-6)11(8,9)10/h6-12,17,19,29,33H,4-5,13-16,25-26H2,1-3H3,(H,27,32)(H,28,30);2-5H,1H3,(H,8,9,10)/b12-9+;/t17?,19-,23?,24+;/m1./s1. The van der Waals surface area contributed by atoms with Gasteiger partial charge in [0.15, 0.2) is 5.78 Å². The molecular formula is C31H46N4O8S. The van der Waals surface area contributed by atoms with E-state index in [4.69, 9.17) is 16.1 Å². The average Bonchev–Trinajstić information content (AvgIpc) is 3.01. The van der Waals surface area contributed by atoms with Gasteiger partial charge in [0, 0.05) is 0 Å². The average molecular weight is 635 g/mol. The predicted molar refractivity (Wildman–Crippen MR) is 167 cm³/mol. The molecule has 13 heteroatoms. The Hall–Kier alpha value is -3.46. The molecule has 9 N–H and O–H groups in total. The fourth-order valence-corrected chi connectivity index (χ4v) is 5.43. The largest absolute Gasteiger partial charge is 0.394 e. The quantitative estimate of drug-likeness (QED) is 0.0379. The summed E-state index contributed by atoms with van der Waals surface area (Å²) < 4.78 is 29.6. The van der Waals surface area contributed by atoms with Crippen LogP contribution in [0.25, 0.3) is 6.08 Å². The number of Topliss-reactive ketones (excluding diaryl/α,β-unsaturated/α-hetero) is 1. The molecule has 0 aliphatic heterocycles. The SMILES string of the molecule is CCCC(CC(C)CC)(C(=O)NN)C(=O)[C@](N)(CO)[C@H](C/C=C/c1ccccc1)C(=O)NO.Cc1ccc(S(=O)(=O)O)cc1. The van der Waals surface area contributed by atoms with E-state index in [0.717, 1.165) is 11.1 Å². The van der Waals surface area contributed by atoms with Crippen molar-refractivity contribution in [2.24, 2.45) is 28.8 Å². The maximum Gasteiger partial charge on any atom is 0.294 e. The Bertz CT molecular complexity index is 1350. The number of aliphatic hydroxyl groups is 1. The highest BCUT2D eigenvalue weighted by Crippen LogP contribution is 2.40. The number of benzene rings is 2. The Morgan fingerprint density at radius 1 is 1.05 bits per heavy atom. The Morgan fingerprint density at radius 3 is 2.09 bits per heavy atom. The first-order valence-corrected chi connectivity index (χ1v) is 15.8. The summed E-state index contributed by atoms with van der Waals surface area (Å²) in [6.45, 7) is 6.60. The van der Waals surface area contributed by atoms with Gasteiger partial charge >= 0.3 is 0 Å². The maximum atomic E-state index is 14.0. The van der Waals surface area contributed by atoms with Crippen molar-refractivity contribution in [1.29, 1.82) is 0 Å². The van der Waals surface area contributed by atoms with E-state index in [9.17, 15) is 33.1 Å². The molecule has 12 nitrogen and oxygen atoms in total. The summed E-state index contributed by atoms with van der Waals surface area (Å²) in [6.07, 6.45) is 4.80. The number of hydrogen-bond acceptors (Lipinski definition) is 9. The summed E-state index contributed by atoms with van der Waals surface area (Å²) in [6, 6.07) is 15.3. The van der Waals surface area contributed by atoms with Crippen LogP contribution in [0, 0.1) is 24.2 Å². The minimum Gasteiger partial charge on any atom is -0.394 e. The molecule has 4 atom stereocenters. The summed E-state index contributed by atoms with van der Waals surface area (Å²) in [4.78, 5) is 39.5. The van der Waals surface area contributed by atoms with Gasteiger partial charge in [-0.05, 0) is 49.8 Å². The summed E-state index contributed by atoms with van der Waals surface area (Å²) in [5.74, 6) is 1.68. The Morgan fingerprint density at radius 2 is 1.64 bits per heavy atom. The first-order valence-electron chi connectivity index (χ1n) is 14.3. The molecule has 0 fully saturated rings. The van der Waals surface area contributed by atoms with Crippen molar-refractivity contribution in [2.45, 2.75) is 70.2 Å². The van der Waals surface area contributed by atoms with E-state index >= 15 is 0 Å². The first-order chi connectivity index (χ1) is 20.7. The summed E-state index contributed by atoms with van der Waals surface area (Å²) in [7, 11) is -4.02. The van der Waals surface area contributed by atoms with Crippen LogP contribution in [0.15, 0.2) is 65.6 Å². The van der Waals surface area contributed by atoms with Crippen molar-refractivity contribution < 1.29 is 37.7 Å². The number of nitrogens with two attached hydrogens (primary N) is 2. The van der Waals surface area contributed by atoms with Crippen LogP contribution in [-0.2, 0) is 24.5 Å². The molecule has 44 heavy (non-hydrogen) atoms. The Balaban J connectivity index is 0.000000733. The van der Waals surface area contributed by atoms with Gasteiger partial charge in [-0.1, -0.05) is 93.8 Å². The number of rotatable bonds is 15. The van der Waals surface area contributed by atoms with Gasteiger partial charge in [0.25, 0.3) is 10.1 Å². The molecule has 0 saturated heterocycles. The van der Waals surface area contributed by atoms with E-state index in [1.165, 1.54) is 12.1 Å². The molecular weight excluding hydrogens is 588 g/mol. The zero-order chi connectivity index (χ0) is 33.6. The van der Waals surface area contributed by atoms with Crippen LogP contribution >= 0.6 is 0 Å². The molecule has 0 aromatic heterocycles. The fraction of sp³-hybridized carbons (Fsp3) is 0.452. The highest BCUT2D eigenvalue weighted by atomic mass is 32.2. The zero-order valence-corrected chi connectivity index (χ0v) is 26.5. The molecule has 0 saturated carbocycles. The molecule has 0 bridgehead atoms. The van der Waals surface area contributed by atoms with E-state index < -0.39 is 51.2 Å². The van der Waals surface area contributed by atoms with Crippen LogP contribution in [-0.4, -0.2) is 53.0 Å². The minimum atomic E-state index is -4.02. The lowest BCUT2D eigenvalue weighted by Crippen LogP contribution is -2.67. The molecule has 0 aliphatic rings. The van der Waals surface area contributed by atoms with Gasteiger partial charge in [-0.2, -0.15) is 8.42 Å². The lowest BCUT2D eigenvalue weighted by molar-refractivity contribution is -0.154. The van der Waals surface area contributed by atoms with Crippen molar-refractivity contribution in [3.63, 3.8) is 0 Å². The van der Waals surface area contributed by atoms with Gasteiger partial charge in [0.05, 0.1) is 17.4 Å². The normalized spacial score (nSPS) is 15.6. The van der Waals surface area contributed by atoms with E-state index in [-0.39, 0.29) is 30.1 Å². The maximum absolute atomic E-state index is 14.0. The van der Waals surface area contributed by atoms with Gasteiger partial charge in [0.2, 0.25) is 11.8 Å². The molecule has 2 unspecified atom stereocenters. The number of ketones is 1. The van der Waals surface area contributed by atoms with Crippen LogP contribution in [0.4, 0.5) is 0 Å². The second-order valence-corrected chi connectivity index (χ2v) is 12.3. The first kappa shape index (κ1) is 38.6. The second kappa shape index (κ2) is 17.7. The molecule has 0 heterocycles. The summed E-state index contributed by atoms with van der Waals surface area (Å²) >= 11 is 0. The topological polar surface area (TPSA) is 222 Å². The highest BCUT2D eigenvalue weighted by Gasteiger charge is 2.56. The van der Waals surface area contributed by atoms with Crippen molar-refractivity contribution in [1.82, 2.24) is 10.9 Å². The van der Waals surface area contributed by atoms with Crippen LogP contribution in [0.5, 0.6) is 0 Å².